The van der Waals surface area contributed by atoms with Crippen molar-refractivity contribution in [2.24, 2.45) is 0 Å². The molecule has 0 saturated carbocycles. The van der Waals surface area contributed by atoms with E-state index in [2.05, 4.69) is 22.0 Å². The summed E-state index contributed by atoms with van der Waals surface area (Å²) in [6.45, 7) is 3.66. The molecular formula is C44H62N4O12. The van der Waals surface area contributed by atoms with Gasteiger partial charge in [-0.1, -0.05) is 31.0 Å². The van der Waals surface area contributed by atoms with E-state index in [9.17, 15) is 19.2 Å². The number of benzene rings is 3. The lowest BCUT2D eigenvalue weighted by Crippen LogP contribution is -2.31. The van der Waals surface area contributed by atoms with E-state index in [0.29, 0.717) is 108 Å². The molecule has 0 aliphatic carbocycles. The van der Waals surface area contributed by atoms with Crippen LogP contribution in [-0.4, -0.2) is 116 Å². The van der Waals surface area contributed by atoms with Gasteiger partial charge < -0.3 is 49.1 Å². The molecule has 330 valence electrons. The van der Waals surface area contributed by atoms with Crippen molar-refractivity contribution in [3.05, 3.63) is 83.4 Å². The van der Waals surface area contributed by atoms with Crippen LogP contribution in [0.4, 0.5) is 5.69 Å². The Labute approximate surface area is 352 Å². The number of hydrogen-bond acceptors (Lipinski definition) is 12. The van der Waals surface area contributed by atoms with Gasteiger partial charge in [0.05, 0.1) is 67.1 Å². The lowest BCUT2D eigenvalue weighted by Gasteiger charge is -2.11. The summed E-state index contributed by atoms with van der Waals surface area (Å²) in [7, 11) is 3.26. The van der Waals surface area contributed by atoms with Crippen LogP contribution in [0.25, 0.3) is 0 Å². The Kier molecular flexibility index (Phi) is 25.2. The minimum Gasteiger partial charge on any atom is -0.493 e. The van der Waals surface area contributed by atoms with Gasteiger partial charge in [-0.05, 0) is 91.8 Å². The normalized spacial score (nSPS) is 10.8. The number of nitrogens with one attached hydrogen (secondary N) is 4. The number of carbonyl (C=O) groups excluding carboxylic acids is 4. The maximum absolute atomic E-state index is 12.4. The van der Waals surface area contributed by atoms with Crippen molar-refractivity contribution >= 4 is 29.3 Å². The maximum Gasteiger partial charge on any atom is 0.258 e. The van der Waals surface area contributed by atoms with Crippen molar-refractivity contribution in [2.75, 3.05) is 92.1 Å². The van der Waals surface area contributed by atoms with Crippen molar-refractivity contribution in [3.8, 4) is 17.2 Å². The number of methoxy groups -OCH3 is 2. The lowest BCUT2D eigenvalue weighted by atomic mass is 10.0. The highest BCUT2D eigenvalue weighted by molar-refractivity contribution is 5.95. The van der Waals surface area contributed by atoms with Crippen molar-refractivity contribution in [1.82, 2.24) is 16.1 Å². The van der Waals surface area contributed by atoms with Gasteiger partial charge >= 0.3 is 0 Å². The summed E-state index contributed by atoms with van der Waals surface area (Å²) < 4.78 is 38.4. The zero-order valence-corrected chi connectivity index (χ0v) is 34.9. The fourth-order valence-corrected chi connectivity index (χ4v) is 5.80. The molecular weight excluding hydrogens is 776 g/mol. The molecule has 4 amide bonds. The predicted octanol–water partition coefficient (Wildman–Crippen LogP) is 4.66. The third-order valence-electron chi connectivity index (χ3n) is 8.98. The maximum atomic E-state index is 12.4. The fraction of sp³-hybridized carbons (Fsp3) is 0.500. The summed E-state index contributed by atoms with van der Waals surface area (Å²) >= 11 is 0. The van der Waals surface area contributed by atoms with Gasteiger partial charge in [-0.15, -0.1) is 0 Å². The smallest absolute Gasteiger partial charge is 0.258 e. The molecule has 0 aromatic heterocycles. The predicted molar refractivity (Wildman–Crippen MR) is 225 cm³/mol. The number of amides is 4. The van der Waals surface area contributed by atoms with Gasteiger partial charge in [0.25, 0.3) is 11.8 Å². The zero-order chi connectivity index (χ0) is 43.0. The molecule has 3 aromatic rings. The molecule has 0 fully saturated rings. The minimum atomic E-state index is -0.408. The van der Waals surface area contributed by atoms with E-state index in [1.807, 2.05) is 36.4 Å². The van der Waals surface area contributed by atoms with E-state index in [0.717, 1.165) is 43.4 Å². The zero-order valence-electron chi connectivity index (χ0n) is 34.9. The first-order chi connectivity index (χ1) is 29.3. The number of ether oxygens (including phenoxy) is 7. The Morgan fingerprint density at radius 1 is 0.567 bits per heavy atom. The van der Waals surface area contributed by atoms with Crippen LogP contribution in [0.15, 0.2) is 66.7 Å². The van der Waals surface area contributed by atoms with E-state index in [1.54, 1.807) is 44.0 Å². The van der Waals surface area contributed by atoms with Gasteiger partial charge in [-0.2, -0.15) is 0 Å². The molecule has 0 unspecified atom stereocenters. The lowest BCUT2D eigenvalue weighted by molar-refractivity contribution is -0.129. The molecule has 60 heavy (non-hydrogen) atoms. The van der Waals surface area contributed by atoms with E-state index >= 15 is 0 Å². The second-order valence-electron chi connectivity index (χ2n) is 13.6. The molecule has 0 spiro atoms. The summed E-state index contributed by atoms with van der Waals surface area (Å²) in [6, 6.07) is 20.4. The Morgan fingerprint density at radius 3 is 1.77 bits per heavy atom. The van der Waals surface area contributed by atoms with Crippen molar-refractivity contribution in [3.63, 3.8) is 0 Å². The number of unbranched alkanes of at least 4 members (excludes halogenated alkanes) is 3. The van der Waals surface area contributed by atoms with E-state index in [4.69, 9.17) is 38.4 Å². The van der Waals surface area contributed by atoms with Crippen LogP contribution in [0, 0.1) is 0 Å². The highest BCUT2D eigenvalue weighted by atomic mass is 16.6. The molecule has 3 rings (SSSR count). The average Bonchev–Trinajstić information content (AvgIpc) is 3.26. The van der Waals surface area contributed by atoms with Gasteiger partial charge in [0.2, 0.25) is 11.8 Å². The number of anilines is 1. The number of hydrogen-bond donors (Lipinski definition) is 5. The second-order valence-corrected chi connectivity index (χ2v) is 13.6. The topological polar surface area (TPSA) is 201 Å². The Morgan fingerprint density at radius 2 is 1.15 bits per heavy atom. The second kappa shape index (κ2) is 30.7. The quantitative estimate of drug-likeness (QED) is 0.0324. The molecule has 0 saturated heterocycles. The van der Waals surface area contributed by atoms with Crippen LogP contribution in [0.5, 0.6) is 17.2 Å². The van der Waals surface area contributed by atoms with Gasteiger partial charge in [-0.25, -0.2) is 5.48 Å². The first kappa shape index (κ1) is 49.1. The SMILES string of the molecule is COc1ccc(CCCc2cccc(OCC(=O)NCCOCCOCCOCCOCCNC(=O)c3ccc(NC(=O)CCCCCCC(=O)NO)cc3)c2)cc1OC. The highest BCUT2D eigenvalue weighted by Gasteiger charge is 2.09. The Balaban J connectivity index is 1.08. The molecule has 0 heterocycles. The number of aryl methyl sites for hydroxylation is 2. The van der Waals surface area contributed by atoms with Gasteiger partial charge in [-0.3, -0.25) is 24.4 Å². The van der Waals surface area contributed by atoms with Crippen LogP contribution in [-0.2, 0) is 46.2 Å². The fourth-order valence-electron chi connectivity index (χ4n) is 5.80. The summed E-state index contributed by atoms with van der Waals surface area (Å²) in [5.41, 5.74) is 4.99. The third-order valence-corrected chi connectivity index (χ3v) is 8.98. The van der Waals surface area contributed by atoms with Crippen LogP contribution in [0.1, 0.15) is 66.4 Å². The summed E-state index contributed by atoms with van der Waals surface area (Å²) in [5, 5.41) is 16.9. The highest BCUT2D eigenvalue weighted by Crippen LogP contribution is 2.28. The third kappa shape index (κ3) is 21.7. The van der Waals surface area contributed by atoms with E-state index < -0.39 is 5.91 Å². The van der Waals surface area contributed by atoms with Crippen molar-refractivity contribution in [2.45, 2.75) is 57.8 Å². The van der Waals surface area contributed by atoms with Gasteiger partial charge in [0.15, 0.2) is 18.1 Å². The molecule has 0 atom stereocenters. The molecule has 0 bridgehead atoms. The molecule has 0 aliphatic rings. The van der Waals surface area contributed by atoms with E-state index in [1.165, 1.54) is 5.56 Å². The average molecular weight is 839 g/mol. The number of carbonyl (C=O) groups is 4. The van der Waals surface area contributed by atoms with Gasteiger partial charge in [0.1, 0.15) is 5.75 Å². The molecule has 0 radical (unpaired) electrons. The van der Waals surface area contributed by atoms with Crippen LogP contribution in [0.3, 0.4) is 0 Å². The van der Waals surface area contributed by atoms with Crippen LogP contribution < -0.4 is 35.6 Å². The van der Waals surface area contributed by atoms with Crippen molar-refractivity contribution < 1.29 is 57.5 Å². The summed E-state index contributed by atoms with van der Waals surface area (Å²) in [5.74, 6) is 1.09. The number of rotatable bonds is 33. The van der Waals surface area contributed by atoms with E-state index in [-0.39, 0.29) is 30.7 Å². The number of hydroxylamine groups is 1. The summed E-state index contributed by atoms with van der Waals surface area (Å²) in [6.07, 6.45) is 6.30. The van der Waals surface area contributed by atoms with Gasteiger partial charge in [0, 0.05) is 37.2 Å². The largest absolute Gasteiger partial charge is 0.493 e. The summed E-state index contributed by atoms with van der Waals surface area (Å²) in [4.78, 5) is 47.8. The monoisotopic (exact) mass is 838 g/mol. The molecule has 16 heteroatoms. The Bertz CT molecular complexity index is 1690. The minimum absolute atomic E-state index is 0.0810. The van der Waals surface area contributed by atoms with Crippen LogP contribution >= 0.6 is 0 Å². The molecule has 3 aromatic carbocycles. The molecule has 16 nitrogen and oxygen atoms in total. The first-order valence-corrected chi connectivity index (χ1v) is 20.4. The first-order valence-electron chi connectivity index (χ1n) is 20.4. The molecule has 5 N–H and O–H groups in total. The van der Waals surface area contributed by atoms with Crippen LogP contribution in [0.2, 0.25) is 0 Å². The molecule has 0 aliphatic heterocycles. The van der Waals surface area contributed by atoms with Crippen molar-refractivity contribution in [1.29, 1.82) is 0 Å². The Hall–Kier alpha value is -5.26. The standard InChI is InChI=1S/C44H62N4O12/c1-54-39-20-15-35(32-40(39)55-2)10-7-9-34-11-8-12-38(31-34)60-33-43(51)45-21-23-56-25-27-58-29-30-59-28-26-57-24-22-46-44(52)36-16-18-37(19-17-36)47-41(49)13-5-3-4-6-14-42(50)48-53/h8,11-12,15-20,31-32,53H,3-7,9-10,13-14,21-30,33H2,1-2H3,(H,45,51)(H,46,52)(H,47,49)(H,48,50).